The van der Waals surface area contributed by atoms with E-state index in [-0.39, 0.29) is 0 Å². The lowest BCUT2D eigenvalue weighted by atomic mass is 9.88. The molecular formula is C28H34N8S. The number of thiophene rings is 1. The minimum Gasteiger partial charge on any atom is -0.346 e. The Bertz CT molecular complexity index is 1650. The number of H-pyrrole nitrogens is 1. The van der Waals surface area contributed by atoms with Gasteiger partial charge in [-0.15, -0.1) is 16.4 Å². The second kappa shape index (κ2) is 8.23. The summed E-state index contributed by atoms with van der Waals surface area (Å²) in [5, 5.41) is 14.3. The Balaban J connectivity index is 1.24. The topological polar surface area (TPSA) is 79.9 Å². The standard InChI is InChI=1S/C28H34N8S/c1-14(2)23-24-17(5)26(21-8-20-7-18(21)9-35(20)11-19-10-34(6)33-32-19)37-28(24)31-25(23)22-12-36-27(29-13-30-36)16(4)15(22)3/h10,12-14,18,20-21,31H,7-9,11H2,1-6H3/t18-,20-,21+/m0/s1. The van der Waals surface area contributed by atoms with Crippen molar-refractivity contribution in [2.45, 2.75) is 71.9 Å². The first-order valence-electron chi connectivity index (χ1n) is 13.3. The summed E-state index contributed by atoms with van der Waals surface area (Å²) in [6, 6.07) is 0.650. The lowest BCUT2D eigenvalue weighted by Crippen LogP contribution is -2.34. The number of rotatable bonds is 5. The normalized spacial score (nSPS) is 22.0. The molecule has 0 spiro atoms. The Morgan fingerprint density at radius 1 is 1.11 bits per heavy atom. The predicted molar refractivity (Wildman–Crippen MR) is 147 cm³/mol. The number of fused-ring (bicyclic) bond motifs is 4. The fraction of sp³-hybridized carbons (Fsp3) is 0.500. The van der Waals surface area contributed by atoms with Gasteiger partial charge in [0.1, 0.15) is 11.2 Å². The number of pyridine rings is 1. The van der Waals surface area contributed by atoms with E-state index >= 15 is 0 Å². The minimum absolute atomic E-state index is 0.415. The molecule has 0 radical (unpaired) electrons. The number of nitrogens with one attached hydrogen (secondary N) is 1. The second-order valence-corrected chi connectivity index (χ2v) is 12.5. The lowest BCUT2D eigenvalue weighted by Gasteiger charge is -2.30. The van der Waals surface area contributed by atoms with Gasteiger partial charge in [0.25, 0.3) is 0 Å². The molecule has 7 rings (SSSR count). The molecule has 37 heavy (non-hydrogen) atoms. The summed E-state index contributed by atoms with van der Waals surface area (Å²) in [6.07, 6.45) is 8.38. The lowest BCUT2D eigenvalue weighted by molar-refractivity contribution is 0.190. The molecule has 1 aliphatic heterocycles. The molecule has 0 unspecified atom stereocenters. The molecule has 0 aromatic carbocycles. The Kier molecular flexibility index (Phi) is 5.14. The van der Waals surface area contributed by atoms with Gasteiger partial charge in [-0.25, -0.2) is 9.50 Å². The molecule has 5 aromatic heterocycles. The van der Waals surface area contributed by atoms with Gasteiger partial charge >= 0.3 is 0 Å². The van der Waals surface area contributed by atoms with Gasteiger partial charge in [-0.05, 0) is 73.6 Å². The highest BCUT2D eigenvalue weighted by Crippen LogP contribution is 2.53. The van der Waals surface area contributed by atoms with E-state index in [2.05, 4.69) is 71.1 Å². The number of aromatic amines is 1. The van der Waals surface area contributed by atoms with Crippen molar-refractivity contribution < 1.29 is 0 Å². The average molecular weight is 515 g/mol. The highest BCUT2D eigenvalue weighted by atomic mass is 32.1. The summed E-state index contributed by atoms with van der Waals surface area (Å²) in [7, 11) is 1.94. The number of nitrogens with zero attached hydrogens (tertiary/aromatic N) is 7. The number of piperidine rings is 1. The average Bonchev–Trinajstić information content (AvgIpc) is 3.68. The highest BCUT2D eigenvalue weighted by molar-refractivity contribution is 7.19. The summed E-state index contributed by atoms with van der Waals surface area (Å²) in [6.45, 7) is 13.4. The number of likely N-dealkylation sites (tertiary alicyclic amines) is 1. The third-order valence-electron chi connectivity index (χ3n) is 8.94. The van der Waals surface area contributed by atoms with E-state index in [0.29, 0.717) is 17.9 Å². The third-order valence-corrected chi connectivity index (χ3v) is 10.3. The van der Waals surface area contributed by atoms with Gasteiger partial charge in [-0.3, -0.25) is 9.58 Å². The van der Waals surface area contributed by atoms with Gasteiger partial charge in [-0.1, -0.05) is 19.1 Å². The van der Waals surface area contributed by atoms with Crippen LogP contribution in [-0.2, 0) is 13.6 Å². The zero-order valence-electron chi connectivity index (χ0n) is 22.4. The molecule has 9 heteroatoms. The van der Waals surface area contributed by atoms with Gasteiger partial charge in [0.05, 0.1) is 11.4 Å². The molecule has 3 atom stereocenters. The zero-order chi connectivity index (χ0) is 25.6. The van der Waals surface area contributed by atoms with Crippen molar-refractivity contribution in [3.05, 3.63) is 51.5 Å². The van der Waals surface area contributed by atoms with Crippen LogP contribution in [0.5, 0.6) is 0 Å². The Morgan fingerprint density at radius 3 is 2.65 bits per heavy atom. The molecule has 192 valence electrons. The molecule has 5 aromatic rings. The maximum Gasteiger partial charge on any atom is 0.158 e. The van der Waals surface area contributed by atoms with Crippen molar-refractivity contribution in [3.8, 4) is 11.3 Å². The Hall–Kier alpha value is -3.04. The van der Waals surface area contributed by atoms with E-state index in [9.17, 15) is 0 Å². The summed E-state index contributed by atoms with van der Waals surface area (Å²) in [4.78, 5) is 13.9. The monoisotopic (exact) mass is 514 g/mol. The maximum atomic E-state index is 4.45. The van der Waals surface area contributed by atoms with Gasteiger partial charge in [-0.2, -0.15) is 5.10 Å². The second-order valence-electron chi connectivity index (χ2n) is 11.5. The summed E-state index contributed by atoms with van der Waals surface area (Å²) in [5.74, 6) is 1.80. The van der Waals surface area contributed by atoms with Crippen LogP contribution in [0.3, 0.4) is 0 Å². The Morgan fingerprint density at radius 2 is 1.95 bits per heavy atom. The fourth-order valence-electron chi connectivity index (χ4n) is 7.08. The van der Waals surface area contributed by atoms with E-state index in [1.807, 2.05) is 29.1 Å². The Labute approximate surface area is 220 Å². The molecule has 1 aliphatic carbocycles. The number of hydrogen-bond donors (Lipinski definition) is 1. The van der Waals surface area contributed by atoms with Crippen LogP contribution >= 0.6 is 11.3 Å². The van der Waals surface area contributed by atoms with Crippen molar-refractivity contribution >= 4 is 27.2 Å². The molecule has 6 heterocycles. The third kappa shape index (κ3) is 3.43. The molecule has 2 aliphatic rings. The van der Waals surface area contributed by atoms with Crippen LogP contribution in [0.25, 0.3) is 27.1 Å². The van der Waals surface area contributed by atoms with E-state index in [1.54, 1.807) is 15.9 Å². The van der Waals surface area contributed by atoms with Crippen LogP contribution in [0, 0.1) is 26.7 Å². The number of aryl methyl sites for hydroxylation is 3. The van der Waals surface area contributed by atoms with Crippen LogP contribution in [-0.4, -0.2) is 52.1 Å². The van der Waals surface area contributed by atoms with Crippen molar-refractivity contribution in [2.75, 3.05) is 6.54 Å². The number of aromatic nitrogens is 7. The van der Waals surface area contributed by atoms with Crippen LogP contribution in [0.15, 0.2) is 18.7 Å². The van der Waals surface area contributed by atoms with Crippen molar-refractivity contribution in [1.82, 2.24) is 39.5 Å². The first-order valence-corrected chi connectivity index (χ1v) is 14.2. The molecule has 0 amide bonds. The summed E-state index contributed by atoms with van der Waals surface area (Å²) < 4.78 is 3.72. The minimum atomic E-state index is 0.415. The molecule has 1 N–H and O–H groups in total. The van der Waals surface area contributed by atoms with Gasteiger partial charge < -0.3 is 4.98 Å². The van der Waals surface area contributed by atoms with Crippen molar-refractivity contribution in [1.29, 1.82) is 0 Å². The van der Waals surface area contributed by atoms with Crippen LogP contribution in [0.1, 0.15) is 71.3 Å². The largest absolute Gasteiger partial charge is 0.346 e. The van der Waals surface area contributed by atoms with Gasteiger partial charge in [0, 0.05) is 54.4 Å². The van der Waals surface area contributed by atoms with Crippen LogP contribution < -0.4 is 0 Å². The molecule has 8 nitrogen and oxygen atoms in total. The maximum absolute atomic E-state index is 4.45. The van der Waals surface area contributed by atoms with Crippen LogP contribution in [0.2, 0.25) is 0 Å². The van der Waals surface area contributed by atoms with E-state index in [4.69, 9.17) is 0 Å². The SMILES string of the molecule is Cc1c(-c2[nH]c3sc([C@@H]4C[C@@H]5C[C@H]4CN5Cc4cn(C)nn4)c(C)c3c2C(C)C)cn2ncnc2c1C. The zero-order valence-corrected chi connectivity index (χ0v) is 23.2. The van der Waals surface area contributed by atoms with E-state index in [1.165, 1.54) is 56.6 Å². The fourth-order valence-corrected chi connectivity index (χ4v) is 8.52. The number of hydrogen-bond acceptors (Lipinski definition) is 6. The van der Waals surface area contributed by atoms with E-state index < -0.39 is 0 Å². The van der Waals surface area contributed by atoms with Crippen LogP contribution in [0.4, 0.5) is 0 Å². The molecule has 1 saturated heterocycles. The first kappa shape index (κ1) is 23.1. The molecule has 1 saturated carbocycles. The first-order chi connectivity index (χ1) is 17.8. The quantitative estimate of drug-likeness (QED) is 0.335. The smallest absolute Gasteiger partial charge is 0.158 e. The van der Waals surface area contributed by atoms with Gasteiger partial charge in [0.15, 0.2) is 5.65 Å². The van der Waals surface area contributed by atoms with Crippen molar-refractivity contribution in [2.24, 2.45) is 13.0 Å². The van der Waals surface area contributed by atoms with Crippen molar-refractivity contribution in [3.63, 3.8) is 0 Å². The van der Waals surface area contributed by atoms with Gasteiger partial charge in [0.2, 0.25) is 0 Å². The molecule has 2 bridgehead atoms. The van der Waals surface area contributed by atoms with E-state index in [0.717, 1.165) is 30.3 Å². The molecule has 2 fully saturated rings. The highest BCUT2D eigenvalue weighted by Gasteiger charge is 2.46. The molecular weight excluding hydrogens is 480 g/mol. The summed E-state index contributed by atoms with van der Waals surface area (Å²) >= 11 is 2.00. The summed E-state index contributed by atoms with van der Waals surface area (Å²) in [5.41, 5.74) is 9.86. The predicted octanol–water partition coefficient (Wildman–Crippen LogP) is 5.49.